The summed E-state index contributed by atoms with van der Waals surface area (Å²) in [5, 5.41) is 0. The maximum Gasteiger partial charge on any atom is 0.332 e. The second-order valence-electron chi connectivity index (χ2n) is 6.38. The van der Waals surface area contributed by atoms with Crippen molar-refractivity contribution in [3.8, 4) is 0 Å². The SMILES string of the molecule is CCCCN(C(C)O[Si](C)(C)OCC)[Si](CC)(CC)CC. The lowest BCUT2D eigenvalue weighted by Crippen LogP contribution is -2.59. The van der Waals surface area contributed by atoms with Crippen molar-refractivity contribution in [2.45, 2.75) is 91.8 Å². The van der Waals surface area contributed by atoms with Crippen LogP contribution >= 0.6 is 0 Å². The van der Waals surface area contributed by atoms with Gasteiger partial charge in [0.2, 0.25) is 0 Å². The summed E-state index contributed by atoms with van der Waals surface area (Å²) in [6.07, 6.45) is 2.70. The van der Waals surface area contributed by atoms with Crippen LogP contribution in [0.2, 0.25) is 31.2 Å². The lowest BCUT2D eigenvalue weighted by Gasteiger charge is -2.46. The first-order chi connectivity index (χ1) is 9.82. The second-order valence-corrected chi connectivity index (χ2v) is 14.9. The van der Waals surface area contributed by atoms with Crippen LogP contribution in [0.3, 0.4) is 0 Å². The molecule has 0 N–H and O–H groups in total. The van der Waals surface area contributed by atoms with E-state index in [4.69, 9.17) is 8.85 Å². The van der Waals surface area contributed by atoms with Gasteiger partial charge in [-0.05, 0) is 58.0 Å². The highest BCUT2D eigenvalue weighted by Gasteiger charge is 2.39. The van der Waals surface area contributed by atoms with Crippen LogP contribution in [0.15, 0.2) is 0 Å². The van der Waals surface area contributed by atoms with Crippen molar-refractivity contribution in [3.05, 3.63) is 0 Å². The van der Waals surface area contributed by atoms with Crippen molar-refractivity contribution < 1.29 is 8.85 Å². The van der Waals surface area contributed by atoms with Gasteiger partial charge in [0, 0.05) is 6.61 Å². The van der Waals surface area contributed by atoms with Gasteiger partial charge in [-0.25, -0.2) is 0 Å². The number of hydrogen-bond acceptors (Lipinski definition) is 3. The molecule has 0 aliphatic carbocycles. The third-order valence-corrected chi connectivity index (χ3v) is 12.4. The fourth-order valence-electron chi connectivity index (χ4n) is 3.35. The average molecular weight is 334 g/mol. The van der Waals surface area contributed by atoms with Gasteiger partial charge in [-0.1, -0.05) is 34.1 Å². The van der Waals surface area contributed by atoms with Crippen LogP contribution in [0.1, 0.15) is 54.4 Å². The molecule has 0 radical (unpaired) electrons. The minimum Gasteiger partial charge on any atom is -0.395 e. The highest BCUT2D eigenvalue weighted by molar-refractivity contribution is 6.77. The predicted octanol–water partition coefficient (Wildman–Crippen LogP) is 5.19. The van der Waals surface area contributed by atoms with Crippen LogP contribution < -0.4 is 0 Å². The van der Waals surface area contributed by atoms with Crippen molar-refractivity contribution >= 4 is 16.8 Å². The molecule has 0 aromatic heterocycles. The maximum atomic E-state index is 6.43. The van der Waals surface area contributed by atoms with E-state index in [2.05, 4.69) is 59.2 Å². The van der Waals surface area contributed by atoms with Crippen molar-refractivity contribution in [2.24, 2.45) is 0 Å². The first-order valence-corrected chi connectivity index (χ1v) is 14.3. The lowest BCUT2D eigenvalue weighted by atomic mass is 10.3. The van der Waals surface area contributed by atoms with E-state index in [1.165, 1.54) is 37.5 Å². The number of rotatable bonds is 12. The summed E-state index contributed by atoms with van der Waals surface area (Å²) in [6, 6.07) is 3.94. The molecule has 1 unspecified atom stereocenters. The van der Waals surface area contributed by atoms with E-state index in [0.717, 1.165) is 6.61 Å². The van der Waals surface area contributed by atoms with E-state index in [1.54, 1.807) is 0 Å². The highest BCUT2D eigenvalue weighted by atomic mass is 28.4. The number of nitrogens with zero attached hydrogens (tertiary/aromatic N) is 1. The number of unbranched alkanes of at least 4 members (excludes halogenated alkanes) is 1. The monoisotopic (exact) mass is 333 g/mol. The molecule has 1 atom stereocenters. The molecule has 21 heavy (non-hydrogen) atoms. The molecule has 0 rings (SSSR count). The molecule has 0 aromatic rings. The summed E-state index contributed by atoms with van der Waals surface area (Å²) in [6.45, 7) is 19.9. The molecule has 0 saturated carbocycles. The Balaban J connectivity index is 5.11. The van der Waals surface area contributed by atoms with Crippen molar-refractivity contribution in [1.29, 1.82) is 0 Å². The Morgan fingerprint density at radius 3 is 1.86 bits per heavy atom. The molecule has 0 spiro atoms. The van der Waals surface area contributed by atoms with Gasteiger partial charge in [0.25, 0.3) is 0 Å². The summed E-state index contributed by atoms with van der Waals surface area (Å²) in [7, 11) is -3.40. The van der Waals surface area contributed by atoms with Crippen LogP contribution in [0.5, 0.6) is 0 Å². The fraction of sp³-hybridized carbons (Fsp3) is 1.00. The van der Waals surface area contributed by atoms with Crippen molar-refractivity contribution in [1.82, 2.24) is 4.57 Å². The van der Waals surface area contributed by atoms with Crippen LogP contribution in [0.25, 0.3) is 0 Å². The predicted molar refractivity (Wildman–Crippen MR) is 98.5 cm³/mol. The first kappa shape index (κ1) is 21.3. The zero-order valence-corrected chi connectivity index (χ0v) is 17.8. The smallest absolute Gasteiger partial charge is 0.332 e. The number of hydrogen-bond donors (Lipinski definition) is 0. The Morgan fingerprint density at radius 1 is 0.952 bits per heavy atom. The van der Waals surface area contributed by atoms with Crippen LogP contribution in [0.4, 0.5) is 0 Å². The topological polar surface area (TPSA) is 21.7 Å². The molecule has 0 fully saturated rings. The quantitative estimate of drug-likeness (QED) is 0.362. The molecule has 5 heteroatoms. The highest BCUT2D eigenvalue weighted by Crippen LogP contribution is 2.29. The molecule has 3 nitrogen and oxygen atoms in total. The molecule has 0 heterocycles. The Labute approximate surface area is 135 Å². The molecule has 128 valence electrons. The largest absolute Gasteiger partial charge is 0.395 e. The summed E-state index contributed by atoms with van der Waals surface area (Å²) in [5.41, 5.74) is 0. The van der Waals surface area contributed by atoms with Gasteiger partial charge in [0.05, 0.1) is 6.23 Å². The summed E-state index contributed by atoms with van der Waals surface area (Å²) >= 11 is 0. The Bertz CT molecular complexity index is 263. The van der Waals surface area contributed by atoms with Crippen LogP contribution in [-0.2, 0) is 8.85 Å². The van der Waals surface area contributed by atoms with E-state index in [0.29, 0.717) is 0 Å². The Hall–Kier alpha value is 0.314. The van der Waals surface area contributed by atoms with Crippen molar-refractivity contribution in [3.63, 3.8) is 0 Å². The lowest BCUT2D eigenvalue weighted by molar-refractivity contribution is 0.0510. The molecule has 0 saturated heterocycles. The normalized spacial score (nSPS) is 14.7. The van der Waals surface area contributed by atoms with E-state index >= 15 is 0 Å². The minimum atomic E-state index is -2.00. The third-order valence-electron chi connectivity index (χ3n) is 4.72. The minimum absolute atomic E-state index is 0.191. The van der Waals surface area contributed by atoms with Gasteiger partial charge < -0.3 is 13.4 Å². The van der Waals surface area contributed by atoms with Crippen molar-refractivity contribution in [2.75, 3.05) is 13.2 Å². The standard InChI is InChI=1S/C16H39NO2Si2/c1-9-14-15-17(21(11-3,12-4)13-5)16(6)19-20(7,8)18-10-2/h16H,9-15H2,1-8H3. The molecular formula is C16H39NO2Si2. The van der Waals surface area contributed by atoms with E-state index in [-0.39, 0.29) is 6.23 Å². The zero-order chi connectivity index (χ0) is 16.5. The molecule has 0 amide bonds. The third kappa shape index (κ3) is 6.52. The molecule has 0 aliphatic heterocycles. The van der Waals surface area contributed by atoms with Gasteiger partial charge in [-0.2, -0.15) is 0 Å². The fourth-order valence-corrected chi connectivity index (χ4v) is 9.34. The van der Waals surface area contributed by atoms with Gasteiger partial charge in [0.1, 0.15) is 8.24 Å². The maximum absolute atomic E-state index is 6.43. The molecule has 0 aromatic carbocycles. The molecular weight excluding hydrogens is 294 g/mol. The Morgan fingerprint density at radius 2 is 1.48 bits per heavy atom. The molecule has 0 bridgehead atoms. The second kappa shape index (κ2) is 10.2. The summed E-state index contributed by atoms with van der Waals surface area (Å²) in [5.74, 6) is 0. The van der Waals surface area contributed by atoms with Crippen LogP contribution in [-0.4, -0.2) is 40.7 Å². The zero-order valence-electron chi connectivity index (χ0n) is 15.8. The van der Waals surface area contributed by atoms with E-state index < -0.39 is 16.8 Å². The van der Waals surface area contributed by atoms with Gasteiger partial charge in [-0.15, -0.1) is 0 Å². The van der Waals surface area contributed by atoms with Gasteiger partial charge >= 0.3 is 8.56 Å². The van der Waals surface area contributed by atoms with Gasteiger partial charge in [-0.3, -0.25) is 0 Å². The van der Waals surface area contributed by atoms with E-state index in [1.807, 2.05) is 0 Å². The first-order valence-electron chi connectivity index (χ1n) is 8.90. The average Bonchev–Trinajstić information content (AvgIpc) is 2.43. The molecule has 0 aliphatic rings. The van der Waals surface area contributed by atoms with Gasteiger partial charge in [0.15, 0.2) is 0 Å². The summed E-state index contributed by atoms with van der Waals surface area (Å²) < 4.78 is 15.0. The Kier molecular flexibility index (Phi) is 10.3. The van der Waals surface area contributed by atoms with Crippen LogP contribution in [0, 0.1) is 0 Å². The summed E-state index contributed by atoms with van der Waals surface area (Å²) in [4.78, 5) is 0. The van der Waals surface area contributed by atoms with E-state index in [9.17, 15) is 0 Å².